The lowest BCUT2D eigenvalue weighted by Crippen LogP contribution is -2.21. The standard InChI is InChI=1S/C12H13F3N4/c1-8(16)4-9-2-3-10(19-7-17-6-18-19)5-11(9)12(13,14)15/h2-3,5-8H,4,16H2,1H3. The van der Waals surface area contributed by atoms with E-state index in [0.717, 1.165) is 6.07 Å². The van der Waals surface area contributed by atoms with Gasteiger partial charge in [-0.3, -0.25) is 0 Å². The molecule has 1 aromatic carbocycles. The van der Waals surface area contributed by atoms with Crippen LogP contribution in [-0.2, 0) is 12.6 Å². The van der Waals surface area contributed by atoms with E-state index in [1.54, 1.807) is 13.0 Å². The molecule has 0 radical (unpaired) electrons. The molecule has 1 atom stereocenters. The summed E-state index contributed by atoms with van der Waals surface area (Å²) < 4.78 is 40.4. The van der Waals surface area contributed by atoms with Gasteiger partial charge in [0.05, 0.1) is 11.3 Å². The summed E-state index contributed by atoms with van der Waals surface area (Å²) in [6.07, 6.45) is -1.63. The molecule has 1 aromatic heterocycles. The molecule has 19 heavy (non-hydrogen) atoms. The quantitative estimate of drug-likeness (QED) is 0.930. The SMILES string of the molecule is CC(N)Cc1ccc(-n2cncn2)cc1C(F)(F)F. The number of nitrogens with zero attached hydrogens (tertiary/aromatic N) is 3. The van der Waals surface area contributed by atoms with Crippen LogP contribution in [0, 0.1) is 0 Å². The van der Waals surface area contributed by atoms with E-state index in [4.69, 9.17) is 5.73 Å². The molecule has 2 N–H and O–H groups in total. The van der Waals surface area contributed by atoms with Crippen LogP contribution in [-0.4, -0.2) is 20.8 Å². The Kier molecular flexibility index (Phi) is 3.57. The van der Waals surface area contributed by atoms with E-state index in [9.17, 15) is 13.2 Å². The first-order valence-corrected chi connectivity index (χ1v) is 5.68. The number of halogens is 3. The first-order valence-electron chi connectivity index (χ1n) is 5.68. The molecular weight excluding hydrogens is 257 g/mol. The van der Waals surface area contributed by atoms with Crippen molar-refractivity contribution >= 4 is 0 Å². The molecule has 102 valence electrons. The Bertz CT molecular complexity index is 547. The fourth-order valence-corrected chi connectivity index (χ4v) is 1.84. The maximum Gasteiger partial charge on any atom is 0.416 e. The third-order valence-electron chi connectivity index (χ3n) is 2.62. The van der Waals surface area contributed by atoms with Gasteiger partial charge in [-0.2, -0.15) is 18.3 Å². The van der Waals surface area contributed by atoms with Crippen LogP contribution in [0.2, 0.25) is 0 Å². The fraction of sp³-hybridized carbons (Fsp3) is 0.333. The molecule has 2 aromatic rings. The summed E-state index contributed by atoms with van der Waals surface area (Å²) in [7, 11) is 0. The first kappa shape index (κ1) is 13.5. The lowest BCUT2D eigenvalue weighted by molar-refractivity contribution is -0.138. The van der Waals surface area contributed by atoms with Crippen LogP contribution in [0.3, 0.4) is 0 Å². The highest BCUT2D eigenvalue weighted by Crippen LogP contribution is 2.33. The van der Waals surface area contributed by atoms with Gasteiger partial charge in [-0.1, -0.05) is 6.07 Å². The Morgan fingerprint density at radius 2 is 2.11 bits per heavy atom. The number of aromatic nitrogens is 3. The molecule has 0 bridgehead atoms. The second kappa shape index (κ2) is 5.00. The highest BCUT2D eigenvalue weighted by atomic mass is 19.4. The van der Waals surface area contributed by atoms with E-state index in [1.165, 1.54) is 23.4 Å². The van der Waals surface area contributed by atoms with E-state index < -0.39 is 11.7 Å². The summed E-state index contributed by atoms with van der Waals surface area (Å²) in [6.45, 7) is 1.67. The van der Waals surface area contributed by atoms with E-state index in [0.29, 0.717) is 5.69 Å². The molecule has 2 rings (SSSR count). The summed E-state index contributed by atoms with van der Waals surface area (Å²) >= 11 is 0. The molecule has 0 amide bonds. The predicted octanol–water partition coefficient (Wildman–Crippen LogP) is 2.18. The molecule has 0 saturated carbocycles. The van der Waals surface area contributed by atoms with Crippen LogP contribution in [0.15, 0.2) is 30.9 Å². The van der Waals surface area contributed by atoms with E-state index in [-0.39, 0.29) is 18.0 Å². The molecule has 0 spiro atoms. The maximum atomic E-state index is 13.0. The summed E-state index contributed by atoms with van der Waals surface area (Å²) in [6, 6.07) is 3.73. The van der Waals surface area contributed by atoms with Crippen molar-refractivity contribution in [1.29, 1.82) is 0 Å². The van der Waals surface area contributed by atoms with Crippen LogP contribution in [0.1, 0.15) is 18.1 Å². The molecule has 4 nitrogen and oxygen atoms in total. The highest BCUT2D eigenvalue weighted by Gasteiger charge is 2.33. The Labute approximate surface area is 108 Å². The van der Waals surface area contributed by atoms with Crippen LogP contribution >= 0.6 is 0 Å². The molecule has 0 aliphatic carbocycles. The van der Waals surface area contributed by atoms with Gasteiger partial charge in [-0.05, 0) is 31.0 Å². The van der Waals surface area contributed by atoms with E-state index >= 15 is 0 Å². The monoisotopic (exact) mass is 270 g/mol. The van der Waals surface area contributed by atoms with Crippen molar-refractivity contribution in [3.63, 3.8) is 0 Å². The minimum atomic E-state index is -4.42. The Balaban J connectivity index is 2.48. The van der Waals surface area contributed by atoms with Crippen molar-refractivity contribution in [3.05, 3.63) is 42.0 Å². The second-order valence-corrected chi connectivity index (χ2v) is 4.36. The van der Waals surface area contributed by atoms with Crippen molar-refractivity contribution in [2.24, 2.45) is 5.73 Å². The summed E-state index contributed by atoms with van der Waals surface area (Å²) in [5.41, 5.74) is 5.40. The summed E-state index contributed by atoms with van der Waals surface area (Å²) in [4.78, 5) is 3.71. The summed E-state index contributed by atoms with van der Waals surface area (Å²) in [5.74, 6) is 0. The minimum absolute atomic E-state index is 0.173. The largest absolute Gasteiger partial charge is 0.416 e. The normalized spacial score (nSPS) is 13.5. The van der Waals surface area contributed by atoms with Crippen molar-refractivity contribution < 1.29 is 13.2 Å². The highest BCUT2D eigenvalue weighted by molar-refractivity contribution is 5.41. The predicted molar refractivity (Wildman–Crippen MR) is 63.7 cm³/mol. The number of benzene rings is 1. The smallest absolute Gasteiger partial charge is 0.328 e. The summed E-state index contributed by atoms with van der Waals surface area (Å²) in [5, 5.41) is 3.81. The molecule has 0 aliphatic rings. The zero-order valence-corrected chi connectivity index (χ0v) is 10.2. The van der Waals surface area contributed by atoms with Gasteiger partial charge in [-0.25, -0.2) is 9.67 Å². The average Bonchev–Trinajstić information content (AvgIpc) is 2.80. The van der Waals surface area contributed by atoms with Crippen LogP contribution in [0.25, 0.3) is 5.69 Å². The van der Waals surface area contributed by atoms with E-state index in [2.05, 4.69) is 10.1 Å². The fourth-order valence-electron chi connectivity index (χ4n) is 1.84. The number of hydrogen-bond donors (Lipinski definition) is 1. The Hall–Kier alpha value is -1.89. The van der Waals surface area contributed by atoms with Crippen LogP contribution in [0.4, 0.5) is 13.2 Å². The van der Waals surface area contributed by atoms with Crippen LogP contribution in [0.5, 0.6) is 0 Å². The lowest BCUT2D eigenvalue weighted by Gasteiger charge is -2.15. The Morgan fingerprint density at radius 1 is 1.37 bits per heavy atom. The number of rotatable bonds is 3. The molecule has 0 saturated heterocycles. The van der Waals surface area contributed by atoms with Crippen molar-refractivity contribution in [1.82, 2.24) is 14.8 Å². The van der Waals surface area contributed by atoms with Gasteiger partial charge in [0.25, 0.3) is 0 Å². The molecular formula is C12H13F3N4. The van der Waals surface area contributed by atoms with Gasteiger partial charge in [0, 0.05) is 6.04 Å². The molecule has 0 aliphatic heterocycles. The van der Waals surface area contributed by atoms with Gasteiger partial charge in [0.1, 0.15) is 12.7 Å². The topological polar surface area (TPSA) is 56.7 Å². The van der Waals surface area contributed by atoms with Gasteiger partial charge in [0.2, 0.25) is 0 Å². The third-order valence-corrected chi connectivity index (χ3v) is 2.62. The number of hydrogen-bond acceptors (Lipinski definition) is 3. The van der Waals surface area contributed by atoms with Gasteiger partial charge in [0.15, 0.2) is 0 Å². The Morgan fingerprint density at radius 3 is 2.63 bits per heavy atom. The molecule has 7 heteroatoms. The zero-order valence-electron chi connectivity index (χ0n) is 10.2. The van der Waals surface area contributed by atoms with Crippen LogP contribution < -0.4 is 5.73 Å². The lowest BCUT2D eigenvalue weighted by atomic mass is 10.00. The van der Waals surface area contributed by atoms with Gasteiger partial charge >= 0.3 is 6.18 Å². The van der Waals surface area contributed by atoms with Crippen molar-refractivity contribution in [3.8, 4) is 5.69 Å². The molecule has 1 heterocycles. The third kappa shape index (κ3) is 3.11. The molecule has 1 unspecified atom stereocenters. The second-order valence-electron chi connectivity index (χ2n) is 4.36. The number of nitrogens with two attached hydrogens (primary N) is 1. The van der Waals surface area contributed by atoms with Gasteiger partial charge < -0.3 is 5.73 Å². The maximum absolute atomic E-state index is 13.0. The molecule has 0 fully saturated rings. The first-order chi connectivity index (χ1) is 8.88. The average molecular weight is 270 g/mol. The van der Waals surface area contributed by atoms with Gasteiger partial charge in [-0.15, -0.1) is 0 Å². The zero-order chi connectivity index (χ0) is 14.0. The number of alkyl halides is 3. The van der Waals surface area contributed by atoms with Crippen molar-refractivity contribution in [2.75, 3.05) is 0 Å². The van der Waals surface area contributed by atoms with E-state index in [1.807, 2.05) is 0 Å². The van der Waals surface area contributed by atoms with Crippen molar-refractivity contribution in [2.45, 2.75) is 25.6 Å². The minimum Gasteiger partial charge on any atom is -0.328 e.